The van der Waals surface area contributed by atoms with E-state index in [2.05, 4.69) is 54.5 Å². The largest absolute Gasteiger partial charge is 0.337 e. The summed E-state index contributed by atoms with van der Waals surface area (Å²) in [6, 6.07) is 0.493. The maximum Gasteiger partial charge on any atom is 0.122 e. The second kappa shape index (κ2) is 6.34. The molecule has 1 aromatic heterocycles. The van der Waals surface area contributed by atoms with Crippen LogP contribution in [0.25, 0.3) is 0 Å². The number of nitrogens with zero attached hydrogens (tertiary/aromatic N) is 3. The van der Waals surface area contributed by atoms with Crippen LogP contribution in [0.5, 0.6) is 0 Å². The molecule has 0 fully saturated rings. The molecule has 4 heteroatoms. The molecule has 0 saturated carbocycles. The zero-order chi connectivity index (χ0) is 13.8. The number of aryl methyl sites for hydroxylation is 1. The molecule has 0 aliphatic carbocycles. The predicted octanol–water partition coefficient (Wildman–Crippen LogP) is 2.02. The average Bonchev–Trinajstić information content (AvgIpc) is 2.72. The molecule has 0 bridgehead atoms. The summed E-state index contributed by atoms with van der Waals surface area (Å²) in [4.78, 5) is 6.70. The van der Waals surface area contributed by atoms with E-state index in [-0.39, 0.29) is 5.54 Å². The first-order valence-corrected chi connectivity index (χ1v) is 6.77. The molecule has 0 spiro atoms. The van der Waals surface area contributed by atoms with Crippen LogP contribution in [0.3, 0.4) is 0 Å². The fourth-order valence-corrected chi connectivity index (χ4v) is 1.63. The van der Waals surface area contributed by atoms with E-state index in [1.54, 1.807) is 0 Å². The van der Waals surface area contributed by atoms with E-state index in [1.165, 1.54) is 0 Å². The average molecular weight is 252 g/mol. The fourth-order valence-electron chi connectivity index (χ4n) is 1.63. The molecule has 1 aromatic rings. The van der Waals surface area contributed by atoms with Gasteiger partial charge in [0.15, 0.2) is 0 Å². The number of imidazole rings is 1. The summed E-state index contributed by atoms with van der Waals surface area (Å²) in [6.07, 6.45) is 4.99. The van der Waals surface area contributed by atoms with Crippen molar-refractivity contribution in [2.75, 3.05) is 13.6 Å². The van der Waals surface area contributed by atoms with Crippen molar-refractivity contribution < 1.29 is 0 Å². The SMILES string of the molecule is CCC(C)(C)NCC(C)N(C)Cc1nccn1C. The van der Waals surface area contributed by atoms with Crippen molar-refractivity contribution in [3.05, 3.63) is 18.2 Å². The summed E-state index contributed by atoms with van der Waals surface area (Å²) in [5.74, 6) is 1.11. The van der Waals surface area contributed by atoms with E-state index in [0.717, 1.165) is 25.3 Å². The van der Waals surface area contributed by atoms with Gasteiger partial charge in [0.1, 0.15) is 5.82 Å². The Balaban J connectivity index is 2.42. The molecule has 1 N–H and O–H groups in total. The van der Waals surface area contributed by atoms with E-state index in [9.17, 15) is 0 Å². The summed E-state index contributed by atoms with van der Waals surface area (Å²) in [5, 5.41) is 3.61. The molecule has 1 heterocycles. The fraction of sp³-hybridized carbons (Fsp3) is 0.786. The van der Waals surface area contributed by atoms with Crippen LogP contribution in [0.4, 0.5) is 0 Å². The third-order valence-electron chi connectivity index (χ3n) is 3.82. The Kier molecular flexibility index (Phi) is 5.35. The number of aromatic nitrogens is 2. The van der Waals surface area contributed by atoms with Gasteiger partial charge in [-0.25, -0.2) is 4.98 Å². The minimum atomic E-state index is 0.221. The summed E-state index contributed by atoms with van der Waals surface area (Å²) >= 11 is 0. The predicted molar refractivity (Wildman–Crippen MR) is 76.5 cm³/mol. The first-order chi connectivity index (χ1) is 8.35. The molecule has 0 radical (unpaired) electrons. The van der Waals surface area contributed by atoms with Crippen LogP contribution in [0.15, 0.2) is 12.4 Å². The number of rotatable bonds is 7. The lowest BCUT2D eigenvalue weighted by Crippen LogP contribution is -2.46. The first-order valence-electron chi connectivity index (χ1n) is 6.77. The summed E-state index contributed by atoms with van der Waals surface area (Å²) in [7, 11) is 4.19. The molecule has 1 atom stereocenters. The highest BCUT2D eigenvalue weighted by atomic mass is 15.2. The summed E-state index contributed by atoms with van der Waals surface area (Å²) < 4.78 is 2.08. The van der Waals surface area contributed by atoms with Crippen molar-refractivity contribution in [2.45, 2.75) is 52.2 Å². The smallest absolute Gasteiger partial charge is 0.122 e. The van der Waals surface area contributed by atoms with Crippen molar-refractivity contribution in [3.8, 4) is 0 Å². The van der Waals surface area contributed by atoms with Gasteiger partial charge in [-0.3, -0.25) is 4.90 Å². The van der Waals surface area contributed by atoms with Crippen molar-refractivity contribution in [1.82, 2.24) is 19.8 Å². The van der Waals surface area contributed by atoms with Crippen LogP contribution in [0, 0.1) is 0 Å². The van der Waals surface area contributed by atoms with Crippen molar-refractivity contribution in [2.24, 2.45) is 7.05 Å². The van der Waals surface area contributed by atoms with E-state index in [1.807, 2.05) is 19.4 Å². The lowest BCUT2D eigenvalue weighted by Gasteiger charge is -2.30. The highest BCUT2D eigenvalue weighted by molar-refractivity contribution is 4.91. The van der Waals surface area contributed by atoms with Crippen LogP contribution in [-0.4, -0.2) is 39.6 Å². The van der Waals surface area contributed by atoms with Gasteiger partial charge < -0.3 is 9.88 Å². The normalized spacial score (nSPS) is 14.2. The molecule has 0 amide bonds. The van der Waals surface area contributed by atoms with Crippen LogP contribution in [-0.2, 0) is 13.6 Å². The Morgan fingerprint density at radius 2 is 2.17 bits per heavy atom. The van der Waals surface area contributed by atoms with E-state index in [4.69, 9.17) is 0 Å². The highest BCUT2D eigenvalue weighted by Crippen LogP contribution is 2.08. The van der Waals surface area contributed by atoms with Crippen LogP contribution in [0.1, 0.15) is 39.9 Å². The molecule has 0 saturated heterocycles. The molecule has 0 aromatic carbocycles. The highest BCUT2D eigenvalue weighted by Gasteiger charge is 2.17. The zero-order valence-corrected chi connectivity index (χ0v) is 12.7. The molecule has 1 rings (SSSR count). The van der Waals surface area contributed by atoms with Crippen molar-refractivity contribution in [3.63, 3.8) is 0 Å². The number of likely N-dealkylation sites (N-methyl/N-ethyl adjacent to an activating group) is 1. The van der Waals surface area contributed by atoms with Gasteiger partial charge in [-0.2, -0.15) is 0 Å². The third kappa shape index (κ3) is 4.42. The number of nitrogens with one attached hydrogen (secondary N) is 1. The van der Waals surface area contributed by atoms with Gasteiger partial charge in [-0.05, 0) is 34.2 Å². The van der Waals surface area contributed by atoms with E-state index >= 15 is 0 Å². The van der Waals surface area contributed by atoms with Gasteiger partial charge in [0, 0.05) is 37.6 Å². The minimum absolute atomic E-state index is 0.221. The summed E-state index contributed by atoms with van der Waals surface area (Å²) in [5.41, 5.74) is 0.221. The molecule has 0 aliphatic heterocycles. The van der Waals surface area contributed by atoms with Crippen LogP contribution in [0.2, 0.25) is 0 Å². The standard InChI is InChI=1S/C14H28N4/c1-7-14(3,4)16-10-12(2)18(6)11-13-15-8-9-17(13)5/h8-9,12,16H,7,10-11H2,1-6H3. The zero-order valence-electron chi connectivity index (χ0n) is 12.7. The molecular weight excluding hydrogens is 224 g/mol. The lowest BCUT2D eigenvalue weighted by molar-refractivity contribution is 0.217. The van der Waals surface area contributed by atoms with Crippen molar-refractivity contribution in [1.29, 1.82) is 0 Å². The van der Waals surface area contributed by atoms with Gasteiger partial charge in [0.25, 0.3) is 0 Å². The number of hydrogen-bond acceptors (Lipinski definition) is 3. The van der Waals surface area contributed by atoms with E-state index < -0.39 is 0 Å². The molecule has 18 heavy (non-hydrogen) atoms. The molecule has 4 nitrogen and oxygen atoms in total. The molecule has 1 unspecified atom stereocenters. The maximum absolute atomic E-state index is 4.36. The van der Waals surface area contributed by atoms with Gasteiger partial charge in [-0.1, -0.05) is 6.92 Å². The van der Waals surface area contributed by atoms with Crippen LogP contribution >= 0.6 is 0 Å². The molecule has 104 valence electrons. The monoisotopic (exact) mass is 252 g/mol. The lowest BCUT2D eigenvalue weighted by atomic mass is 10.0. The third-order valence-corrected chi connectivity index (χ3v) is 3.82. The number of hydrogen-bond donors (Lipinski definition) is 1. The second-order valence-electron chi connectivity index (χ2n) is 5.84. The second-order valence-corrected chi connectivity index (χ2v) is 5.84. The Morgan fingerprint density at radius 1 is 1.50 bits per heavy atom. The van der Waals surface area contributed by atoms with E-state index in [0.29, 0.717) is 6.04 Å². The van der Waals surface area contributed by atoms with Crippen molar-refractivity contribution >= 4 is 0 Å². The minimum Gasteiger partial charge on any atom is -0.337 e. The van der Waals surface area contributed by atoms with Crippen LogP contribution < -0.4 is 5.32 Å². The van der Waals surface area contributed by atoms with Gasteiger partial charge in [0.05, 0.1) is 6.54 Å². The Bertz CT molecular complexity index is 356. The van der Waals surface area contributed by atoms with Gasteiger partial charge in [0.2, 0.25) is 0 Å². The Morgan fingerprint density at radius 3 is 2.67 bits per heavy atom. The quantitative estimate of drug-likeness (QED) is 0.806. The first kappa shape index (κ1) is 15.2. The molecule has 0 aliphatic rings. The van der Waals surface area contributed by atoms with Gasteiger partial charge in [-0.15, -0.1) is 0 Å². The topological polar surface area (TPSA) is 33.1 Å². The summed E-state index contributed by atoms with van der Waals surface area (Å²) in [6.45, 7) is 10.9. The Hall–Kier alpha value is -0.870. The molecular formula is C14H28N4. The van der Waals surface area contributed by atoms with Gasteiger partial charge >= 0.3 is 0 Å². The Labute approximate surface area is 111 Å². The maximum atomic E-state index is 4.36.